The summed E-state index contributed by atoms with van der Waals surface area (Å²) in [6, 6.07) is 4.48. The fourth-order valence-electron chi connectivity index (χ4n) is 3.09. The van der Waals surface area contributed by atoms with Gasteiger partial charge in [-0.2, -0.15) is 17.5 Å². The molecular formula is C17H18N4S2. The Morgan fingerprint density at radius 3 is 1.91 bits per heavy atom. The molecule has 2 aromatic carbocycles. The summed E-state index contributed by atoms with van der Waals surface area (Å²) < 4.78 is 18.3. The minimum atomic E-state index is 0.00862. The van der Waals surface area contributed by atoms with Gasteiger partial charge >= 0.3 is 0 Å². The fraction of sp³-hybridized carbons (Fsp3) is 0.412. The second-order valence-corrected chi connectivity index (χ2v) is 8.37. The lowest BCUT2D eigenvalue weighted by molar-refractivity contribution is 0.596. The van der Waals surface area contributed by atoms with Gasteiger partial charge in [0.2, 0.25) is 0 Å². The molecule has 118 valence electrons. The van der Waals surface area contributed by atoms with Gasteiger partial charge < -0.3 is 0 Å². The van der Waals surface area contributed by atoms with Crippen LogP contribution < -0.4 is 0 Å². The molecule has 0 aliphatic carbocycles. The molecule has 0 fully saturated rings. The molecule has 0 atom stereocenters. The number of hydrogen-bond donors (Lipinski definition) is 0. The molecule has 0 N–H and O–H groups in total. The summed E-state index contributed by atoms with van der Waals surface area (Å²) in [6.07, 6.45) is 0. The minimum Gasteiger partial charge on any atom is -0.173 e. The van der Waals surface area contributed by atoms with Crippen LogP contribution in [0.1, 0.15) is 51.7 Å². The lowest BCUT2D eigenvalue weighted by Gasteiger charge is -2.20. The Morgan fingerprint density at radius 2 is 1.30 bits per heavy atom. The third-order valence-corrected chi connectivity index (χ3v) is 5.38. The van der Waals surface area contributed by atoms with Gasteiger partial charge in [-0.05, 0) is 34.6 Å². The maximum Gasteiger partial charge on any atom is 0.113 e. The highest BCUT2D eigenvalue weighted by Crippen LogP contribution is 2.39. The zero-order valence-electron chi connectivity index (χ0n) is 13.8. The summed E-state index contributed by atoms with van der Waals surface area (Å²) in [5, 5.41) is 2.29. The first kappa shape index (κ1) is 14.9. The van der Waals surface area contributed by atoms with Crippen molar-refractivity contribution in [1.82, 2.24) is 17.5 Å². The number of benzene rings is 2. The molecule has 0 saturated carbocycles. The van der Waals surface area contributed by atoms with Gasteiger partial charge in [-0.25, -0.2) is 0 Å². The molecule has 4 aromatic rings. The minimum absolute atomic E-state index is 0.00862. The normalized spacial score (nSPS) is 13.0. The van der Waals surface area contributed by atoms with E-state index >= 15 is 0 Å². The zero-order chi connectivity index (χ0) is 16.4. The standard InChI is InChI=1S/C17H18N4S2/c1-8(2)9-6-10-11(14-13(9)18-22-19-14)7-12(17(3,4)5)16-15(10)20-23-21-16/h6-8H,1-5H3. The van der Waals surface area contributed by atoms with Gasteiger partial charge in [0, 0.05) is 10.8 Å². The Kier molecular flexibility index (Phi) is 3.19. The summed E-state index contributed by atoms with van der Waals surface area (Å²) in [4.78, 5) is 0. The van der Waals surface area contributed by atoms with Crippen LogP contribution in [-0.2, 0) is 5.41 Å². The summed E-state index contributed by atoms with van der Waals surface area (Å²) in [5.41, 5.74) is 6.51. The molecule has 0 aliphatic rings. The van der Waals surface area contributed by atoms with Crippen molar-refractivity contribution in [2.75, 3.05) is 0 Å². The van der Waals surface area contributed by atoms with E-state index in [-0.39, 0.29) is 5.41 Å². The number of rotatable bonds is 1. The van der Waals surface area contributed by atoms with E-state index < -0.39 is 0 Å². The van der Waals surface area contributed by atoms with E-state index in [0.29, 0.717) is 5.92 Å². The van der Waals surface area contributed by atoms with E-state index in [4.69, 9.17) is 0 Å². The summed E-state index contributed by atoms with van der Waals surface area (Å²) in [5.74, 6) is 0.398. The predicted octanol–water partition coefficient (Wildman–Crippen LogP) is 5.27. The quantitative estimate of drug-likeness (QED) is 0.473. The Hall–Kier alpha value is -1.66. The van der Waals surface area contributed by atoms with E-state index in [0.717, 1.165) is 32.8 Å². The van der Waals surface area contributed by atoms with E-state index in [2.05, 4.69) is 64.2 Å². The molecule has 4 rings (SSSR count). The van der Waals surface area contributed by atoms with Gasteiger partial charge in [0.25, 0.3) is 0 Å². The topological polar surface area (TPSA) is 51.6 Å². The molecule has 2 aromatic heterocycles. The lowest BCUT2D eigenvalue weighted by atomic mass is 9.84. The Morgan fingerprint density at radius 1 is 0.783 bits per heavy atom. The van der Waals surface area contributed by atoms with Gasteiger partial charge in [-0.1, -0.05) is 34.6 Å². The van der Waals surface area contributed by atoms with E-state index in [1.807, 2.05) is 0 Å². The molecule has 0 bridgehead atoms. The molecular weight excluding hydrogens is 324 g/mol. The molecule has 6 heteroatoms. The predicted molar refractivity (Wildman–Crippen MR) is 98.7 cm³/mol. The number of hydrogen-bond acceptors (Lipinski definition) is 6. The van der Waals surface area contributed by atoms with Crippen molar-refractivity contribution in [3.63, 3.8) is 0 Å². The first-order valence-electron chi connectivity index (χ1n) is 7.72. The maximum atomic E-state index is 4.60. The third kappa shape index (κ3) is 2.16. The van der Waals surface area contributed by atoms with Crippen LogP contribution in [0.2, 0.25) is 0 Å². The van der Waals surface area contributed by atoms with E-state index in [1.165, 1.54) is 34.6 Å². The Bertz CT molecular complexity index is 1040. The number of fused-ring (bicyclic) bond motifs is 5. The molecule has 0 spiro atoms. The molecule has 4 nitrogen and oxygen atoms in total. The zero-order valence-corrected chi connectivity index (χ0v) is 15.5. The monoisotopic (exact) mass is 342 g/mol. The van der Waals surface area contributed by atoms with Crippen molar-refractivity contribution in [3.05, 3.63) is 23.3 Å². The van der Waals surface area contributed by atoms with Crippen molar-refractivity contribution >= 4 is 56.3 Å². The van der Waals surface area contributed by atoms with Gasteiger partial charge in [0.15, 0.2) is 0 Å². The van der Waals surface area contributed by atoms with Crippen LogP contribution in [0.15, 0.2) is 12.1 Å². The lowest BCUT2D eigenvalue weighted by Crippen LogP contribution is -2.12. The van der Waals surface area contributed by atoms with Crippen LogP contribution in [0.25, 0.3) is 32.8 Å². The Labute approximate surface area is 143 Å². The van der Waals surface area contributed by atoms with Gasteiger partial charge in [0.1, 0.15) is 22.1 Å². The van der Waals surface area contributed by atoms with Crippen LogP contribution in [0.3, 0.4) is 0 Å². The average molecular weight is 342 g/mol. The van der Waals surface area contributed by atoms with E-state index in [1.54, 1.807) is 0 Å². The third-order valence-electron chi connectivity index (χ3n) is 4.32. The molecule has 2 heterocycles. The van der Waals surface area contributed by atoms with Gasteiger partial charge in [-0.3, -0.25) is 0 Å². The summed E-state index contributed by atoms with van der Waals surface area (Å²) in [6.45, 7) is 11.0. The second-order valence-electron chi connectivity index (χ2n) is 7.31. The highest BCUT2D eigenvalue weighted by molar-refractivity contribution is 7.00. The Balaban J connectivity index is 2.27. The number of nitrogens with zero attached hydrogens (tertiary/aromatic N) is 4. The average Bonchev–Trinajstić information content (AvgIpc) is 3.12. The van der Waals surface area contributed by atoms with Crippen LogP contribution in [0, 0.1) is 0 Å². The van der Waals surface area contributed by atoms with Crippen molar-refractivity contribution in [3.8, 4) is 0 Å². The highest BCUT2D eigenvalue weighted by atomic mass is 32.1. The second kappa shape index (κ2) is 4.92. The van der Waals surface area contributed by atoms with Crippen molar-refractivity contribution in [2.45, 2.75) is 46.0 Å². The highest BCUT2D eigenvalue weighted by Gasteiger charge is 2.23. The molecule has 0 amide bonds. The van der Waals surface area contributed by atoms with Crippen LogP contribution in [0.4, 0.5) is 0 Å². The first-order chi connectivity index (χ1) is 10.9. The largest absolute Gasteiger partial charge is 0.173 e. The van der Waals surface area contributed by atoms with Crippen molar-refractivity contribution in [2.24, 2.45) is 0 Å². The van der Waals surface area contributed by atoms with Crippen LogP contribution in [-0.4, -0.2) is 17.5 Å². The maximum absolute atomic E-state index is 4.60. The molecule has 0 radical (unpaired) electrons. The van der Waals surface area contributed by atoms with Crippen LogP contribution in [0.5, 0.6) is 0 Å². The molecule has 0 saturated heterocycles. The molecule has 23 heavy (non-hydrogen) atoms. The molecule has 0 aliphatic heterocycles. The summed E-state index contributed by atoms with van der Waals surface area (Å²) >= 11 is 2.57. The summed E-state index contributed by atoms with van der Waals surface area (Å²) in [7, 11) is 0. The first-order valence-corrected chi connectivity index (χ1v) is 9.18. The van der Waals surface area contributed by atoms with Crippen molar-refractivity contribution in [1.29, 1.82) is 0 Å². The van der Waals surface area contributed by atoms with Gasteiger partial charge in [0.05, 0.1) is 23.5 Å². The van der Waals surface area contributed by atoms with Crippen LogP contribution >= 0.6 is 23.5 Å². The fourth-order valence-corrected chi connectivity index (χ4v) is 4.25. The smallest absolute Gasteiger partial charge is 0.113 e. The number of aromatic nitrogens is 4. The SMILES string of the molecule is CC(C)c1cc2c(cc(C(C)(C)C)c3nsnc32)c2nsnc12. The molecule has 0 unspecified atom stereocenters. The van der Waals surface area contributed by atoms with Gasteiger partial charge in [-0.15, -0.1) is 0 Å². The van der Waals surface area contributed by atoms with E-state index in [9.17, 15) is 0 Å². The van der Waals surface area contributed by atoms with Crippen molar-refractivity contribution < 1.29 is 0 Å².